The van der Waals surface area contributed by atoms with Gasteiger partial charge in [0.05, 0.1) is 6.26 Å². The number of sulfonamides is 1. The number of hydrogen-bond acceptors (Lipinski definition) is 6. The Hall–Kier alpha value is -1.32. The Kier molecular flexibility index (Phi) is 5.31. The molecule has 0 N–H and O–H groups in total. The maximum Gasteiger partial charge on any atom is 0.259 e. The molecule has 7 nitrogen and oxygen atoms in total. The van der Waals surface area contributed by atoms with Gasteiger partial charge in [0.15, 0.2) is 0 Å². The van der Waals surface area contributed by atoms with E-state index in [0.29, 0.717) is 37.6 Å². The quantitative estimate of drug-likeness (QED) is 0.775. The van der Waals surface area contributed by atoms with Gasteiger partial charge >= 0.3 is 0 Å². The van der Waals surface area contributed by atoms with E-state index in [-0.39, 0.29) is 12.0 Å². The van der Waals surface area contributed by atoms with Crippen LogP contribution in [-0.4, -0.2) is 78.6 Å². The van der Waals surface area contributed by atoms with Crippen molar-refractivity contribution in [3.05, 3.63) is 23.9 Å². The average molecular weight is 371 g/mol. The highest BCUT2D eigenvalue weighted by atomic mass is 32.2. The Balaban J connectivity index is 1.69. The van der Waals surface area contributed by atoms with Crippen LogP contribution in [0.5, 0.6) is 5.88 Å². The lowest BCUT2D eigenvalue weighted by Gasteiger charge is -2.33. The summed E-state index contributed by atoms with van der Waals surface area (Å²) in [7, 11) is -3.21. The number of piperazine rings is 1. The van der Waals surface area contributed by atoms with Gasteiger partial charge in [0.2, 0.25) is 15.9 Å². The lowest BCUT2D eigenvalue weighted by molar-refractivity contribution is 0.0690. The normalized spacial score (nSPS) is 22.5. The third-order valence-corrected chi connectivity index (χ3v) is 6.60. The van der Waals surface area contributed by atoms with Crippen molar-refractivity contribution in [1.29, 1.82) is 0 Å². The van der Waals surface area contributed by atoms with Crippen molar-refractivity contribution in [1.82, 2.24) is 14.2 Å². The molecule has 1 aromatic rings. The summed E-state index contributed by atoms with van der Waals surface area (Å²) in [5.41, 5.74) is 0.446. The lowest BCUT2D eigenvalue weighted by Crippen LogP contribution is -2.50. The fourth-order valence-electron chi connectivity index (χ4n) is 2.80. The molecule has 24 heavy (non-hydrogen) atoms. The van der Waals surface area contributed by atoms with Gasteiger partial charge in [-0.25, -0.2) is 13.4 Å². The molecular weight excluding hydrogens is 350 g/mol. The van der Waals surface area contributed by atoms with Crippen LogP contribution in [0.4, 0.5) is 0 Å². The van der Waals surface area contributed by atoms with Gasteiger partial charge in [-0.15, -0.1) is 0 Å². The van der Waals surface area contributed by atoms with Crippen molar-refractivity contribution in [2.24, 2.45) is 0 Å². The van der Waals surface area contributed by atoms with Crippen LogP contribution in [0.25, 0.3) is 0 Å². The number of ether oxygens (including phenoxy) is 1. The molecule has 0 saturated carbocycles. The molecule has 132 valence electrons. The maximum atomic E-state index is 12.8. The predicted molar refractivity (Wildman–Crippen MR) is 92.9 cm³/mol. The van der Waals surface area contributed by atoms with E-state index in [2.05, 4.69) is 4.98 Å². The number of hydrogen-bond donors (Lipinski definition) is 0. The third-order valence-electron chi connectivity index (χ3n) is 4.16. The smallest absolute Gasteiger partial charge is 0.259 e. The summed E-state index contributed by atoms with van der Waals surface area (Å²) in [6.45, 7) is 1.39. The summed E-state index contributed by atoms with van der Waals surface area (Å²) < 4.78 is 30.4. The van der Waals surface area contributed by atoms with Gasteiger partial charge in [0.25, 0.3) is 5.91 Å². The van der Waals surface area contributed by atoms with Crippen LogP contribution in [0.1, 0.15) is 16.8 Å². The van der Waals surface area contributed by atoms with Crippen LogP contribution < -0.4 is 4.74 Å². The predicted octanol–water partition coefficient (Wildman–Crippen LogP) is 0.683. The summed E-state index contributed by atoms with van der Waals surface area (Å²) in [4.78, 5) is 18.7. The van der Waals surface area contributed by atoms with Crippen molar-refractivity contribution in [3.63, 3.8) is 0 Å². The van der Waals surface area contributed by atoms with Gasteiger partial charge in [-0.2, -0.15) is 16.1 Å². The summed E-state index contributed by atoms with van der Waals surface area (Å²) in [6.07, 6.45) is 3.87. The minimum Gasteiger partial charge on any atom is -0.473 e. The minimum absolute atomic E-state index is 0.0959. The zero-order valence-corrected chi connectivity index (χ0v) is 15.2. The number of amides is 1. The van der Waals surface area contributed by atoms with E-state index in [4.69, 9.17) is 4.74 Å². The Morgan fingerprint density at radius 2 is 2.08 bits per heavy atom. The van der Waals surface area contributed by atoms with E-state index in [1.165, 1.54) is 10.6 Å². The number of aromatic nitrogens is 1. The second-order valence-electron chi connectivity index (χ2n) is 5.91. The Bertz CT molecular complexity index is 696. The zero-order valence-electron chi connectivity index (χ0n) is 13.6. The molecule has 0 aromatic carbocycles. The van der Waals surface area contributed by atoms with Gasteiger partial charge in [0, 0.05) is 38.1 Å². The van der Waals surface area contributed by atoms with Gasteiger partial charge in [-0.3, -0.25) is 4.79 Å². The second kappa shape index (κ2) is 7.28. The first-order valence-corrected chi connectivity index (χ1v) is 10.9. The monoisotopic (exact) mass is 371 g/mol. The number of carbonyl (C=O) groups excluding carboxylic acids is 1. The van der Waals surface area contributed by atoms with Crippen LogP contribution in [-0.2, 0) is 10.0 Å². The summed E-state index contributed by atoms with van der Waals surface area (Å²) in [6, 6.07) is 3.44. The Labute approximate surface area is 146 Å². The molecule has 0 unspecified atom stereocenters. The molecular formula is C15H21N3O4S2. The van der Waals surface area contributed by atoms with Crippen molar-refractivity contribution in [3.8, 4) is 5.88 Å². The van der Waals surface area contributed by atoms with Gasteiger partial charge in [-0.1, -0.05) is 0 Å². The summed E-state index contributed by atoms with van der Waals surface area (Å²) in [5.74, 6) is 2.20. The molecule has 0 spiro atoms. The largest absolute Gasteiger partial charge is 0.473 e. The highest BCUT2D eigenvalue weighted by Gasteiger charge is 2.29. The molecule has 1 aromatic heterocycles. The van der Waals surface area contributed by atoms with Crippen LogP contribution in [0, 0.1) is 0 Å². The zero-order chi connectivity index (χ0) is 17.2. The number of pyridine rings is 1. The molecule has 0 bridgehead atoms. The SMILES string of the molecule is CS(=O)(=O)N1CCN(C(=O)c2cccnc2O[C@H]2CCSC2)CC1. The van der Waals surface area contributed by atoms with E-state index >= 15 is 0 Å². The first-order valence-electron chi connectivity index (χ1n) is 7.89. The second-order valence-corrected chi connectivity index (χ2v) is 9.05. The van der Waals surface area contributed by atoms with Crippen molar-refractivity contribution in [2.75, 3.05) is 43.9 Å². The van der Waals surface area contributed by atoms with E-state index in [0.717, 1.165) is 17.9 Å². The molecule has 2 fully saturated rings. The Morgan fingerprint density at radius 3 is 2.71 bits per heavy atom. The average Bonchev–Trinajstić information content (AvgIpc) is 3.07. The maximum absolute atomic E-state index is 12.8. The summed E-state index contributed by atoms with van der Waals surface area (Å²) in [5, 5.41) is 0. The number of rotatable bonds is 4. The van der Waals surface area contributed by atoms with Gasteiger partial charge in [0.1, 0.15) is 11.7 Å². The van der Waals surface area contributed by atoms with Crippen molar-refractivity contribution < 1.29 is 17.9 Å². The molecule has 0 radical (unpaired) electrons. The first-order chi connectivity index (χ1) is 11.4. The van der Waals surface area contributed by atoms with Crippen LogP contribution >= 0.6 is 11.8 Å². The molecule has 2 saturated heterocycles. The van der Waals surface area contributed by atoms with Crippen LogP contribution in [0.15, 0.2) is 18.3 Å². The molecule has 3 heterocycles. The topological polar surface area (TPSA) is 79.8 Å². The number of thioether (sulfide) groups is 1. The molecule has 1 amide bonds. The molecule has 1 atom stereocenters. The van der Waals surface area contributed by atoms with Gasteiger partial charge < -0.3 is 9.64 Å². The standard InChI is InChI=1S/C15H21N3O4S2/c1-24(20,21)18-8-6-17(7-9-18)15(19)13-3-2-5-16-14(13)22-12-4-10-23-11-12/h2-3,5,12H,4,6-11H2,1H3/t12-/m0/s1. The summed E-state index contributed by atoms with van der Waals surface area (Å²) >= 11 is 1.84. The van der Waals surface area contributed by atoms with Crippen molar-refractivity contribution in [2.45, 2.75) is 12.5 Å². The van der Waals surface area contributed by atoms with E-state index < -0.39 is 10.0 Å². The fraction of sp³-hybridized carbons (Fsp3) is 0.600. The Morgan fingerprint density at radius 1 is 1.33 bits per heavy atom. The van der Waals surface area contributed by atoms with E-state index in [1.807, 2.05) is 11.8 Å². The molecule has 2 aliphatic heterocycles. The molecule has 2 aliphatic rings. The minimum atomic E-state index is -3.21. The molecule has 9 heteroatoms. The fourth-order valence-corrected chi connectivity index (χ4v) is 4.72. The number of nitrogens with zero attached hydrogens (tertiary/aromatic N) is 3. The molecule has 3 rings (SSSR count). The highest BCUT2D eigenvalue weighted by Crippen LogP contribution is 2.25. The number of carbonyl (C=O) groups is 1. The van der Waals surface area contributed by atoms with E-state index in [9.17, 15) is 13.2 Å². The van der Waals surface area contributed by atoms with Crippen LogP contribution in [0.2, 0.25) is 0 Å². The van der Waals surface area contributed by atoms with Gasteiger partial charge in [-0.05, 0) is 24.3 Å². The third kappa shape index (κ3) is 4.01. The van der Waals surface area contributed by atoms with E-state index in [1.54, 1.807) is 23.2 Å². The van der Waals surface area contributed by atoms with Crippen LogP contribution in [0.3, 0.4) is 0 Å². The lowest BCUT2D eigenvalue weighted by atomic mass is 10.2. The first kappa shape index (κ1) is 17.5. The molecule has 0 aliphatic carbocycles. The highest BCUT2D eigenvalue weighted by molar-refractivity contribution is 7.99. The van der Waals surface area contributed by atoms with Crippen molar-refractivity contribution >= 4 is 27.7 Å².